The van der Waals surface area contributed by atoms with Crippen LogP contribution < -0.4 is 19.1 Å². The number of cyclic esters (lactones) is 1. The maximum atomic E-state index is 12.6. The Labute approximate surface area is 195 Å². The number of hydrogen-bond acceptors (Lipinski definition) is 7. The van der Waals surface area contributed by atoms with Crippen LogP contribution in [0.1, 0.15) is 24.0 Å². The maximum Gasteiger partial charge on any atom is 0.309 e. The van der Waals surface area contributed by atoms with E-state index < -0.39 is 0 Å². The van der Waals surface area contributed by atoms with Gasteiger partial charge in [0.25, 0.3) is 0 Å². The number of benzene rings is 2. The molecule has 7 nitrogen and oxygen atoms in total. The lowest BCUT2D eigenvalue weighted by Gasteiger charge is -2.32. The second-order valence-corrected chi connectivity index (χ2v) is 8.82. The number of piperidine rings is 1. The standard InChI is InChI=1S/C26H33NO6/c1-30-23-7-5-17(15-25(23)32-3)12-19-16-33-26(29)21(19)13-18-4-6-22(24(14-18)31-2)27-10-8-20(28)9-11-27/h4-7,14-15,19-21,28H,8-13,16H2,1-3H3/t19-,21+/m0/s1. The highest BCUT2D eigenvalue weighted by Crippen LogP contribution is 2.36. The molecule has 0 bridgehead atoms. The van der Waals surface area contributed by atoms with E-state index in [0.717, 1.165) is 54.9 Å². The van der Waals surface area contributed by atoms with E-state index in [1.54, 1.807) is 21.3 Å². The van der Waals surface area contributed by atoms with E-state index in [4.69, 9.17) is 18.9 Å². The van der Waals surface area contributed by atoms with E-state index in [1.165, 1.54) is 0 Å². The normalized spacial score (nSPS) is 21.1. The number of hydrogen-bond donors (Lipinski definition) is 1. The Morgan fingerprint density at radius 2 is 1.55 bits per heavy atom. The number of rotatable bonds is 8. The van der Waals surface area contributed by atoms with Crippen LogP contribution >= 0.6 is 0 Å². The van der Waals surface area contributed by atoms with E-state index in [0.29, 0.717) is 24.5 Å². The van der Waals surface area contributed by atoms with Crippen LogP contribution in [0, 0.1) is 11.8 Å². The number of methoxy groups -OCH3 is 3. The van der Waals surface area contributed by atoms with Crippen molar-refractivity contribution in [3.05, 3.63) is 47.5 Å². The molecule has 2 saturated heterocycles. The number of anilines is 1. The van der Waals surface area contributed by atoms with Gasteiger partial charge < -0.3 is 29.0 Å². The second-order valence-electron chi connectivity index (χ2n) is 8.82. The Bertz CT molecular complexity index is 969. The third-order valence-electron chi connectivity index (χ3n) is 6.76. The molecule has 33 heavy (non-hydrogen) atoms. The molecule has 2 aliphatic heterocycles. The highest BCUT2D eigenvalue weighted by Gasteiger charge is 2.37. The monoisotopic (exact) mass is 455 g/mol. The zero-order valence-corrected chi connectivity index (χ0v) is 19.6. The molecule has 7 heteroatoms. The van der Waals surface area contributed by atoms with E-state index in [9.17, 15) is 9.90 Å². The van der Waals surface area contributed by atoms with Crippen molar-refractivity contribution in [3.8, 4) is 17.2 Å². The first-order valence-electron chi connectivity index (χ1n) is 11.5. The van der Waals surface area contributed by atoms with Crippen LogP contribution in [-0.2, 0) is 22.4 Å². The fraction of sp³-hybridized carbons (Fsp3) is 0.500. The van der Waals surface area contributed by atoms with E-state index in [1.807, 2.05) is 24.3 Å². The van der Waals surface area contributed by atoms with Gasteiger partial charge in [0.15, 0.2) is 11.5 Å². The summed E-state index contributed by atoms with van der Waals surface area (Å²) in [6.07, 6.45) is 2.63. The molecule has 2 fully saturated rings. The van der Waals surface area contributed by atoms with Crippen LogP contribution in [0.15, 0.2) is 36.4 Å². The molecule has 2 aliphatic rings. The average Bonchev–Trinajstić information content (AvgIpc) is 3.18. The van der Waals surface area contributed by atoms with Gasteiger partial charge in [0.2, 0.25) is 0 Å². The molecule has 2 atom stereocenters. The maximum absolute atomic E-state index is 12.6. The first-order valence-corrected chi connectivity index (χ1v) is 11.5. The largest absolute Gasteiger partial charge is 0.495 e. The molecule has 0 amide bonds. The topological polar surface area (TPSA) is 77.5 Å². The SMILES string of the molecule is COc1ccc(C[C@H]2COC(=O)[C@@H]2Cc2ccc(N3CCC(O)CC3)c(OC)c2)cc1OC. The molecule has 0 unspecified atom stereocenters. The summed E-state index contributed by atoms with van der Waals surface area (Å²) in [5.41, 5.74) is 3.17. The molecule has 2 aromatic carbocycles. The Morgan fingerprint density at radius 3 is 2.24 bits per heavy atom. The van der Waals surface area contributed by atoms with Gasteiger partial charge in [-0.25, -0.2) is 0 Å². The quantitative estimate of drug-likeness (QED) is 0.612. The summed E-state index contributed by atoms with van der Waals surface area (Å²) in [4.78, 5) is 14.8. The van der Waals surface area contributed by atoms with E-state index >= 15 is 0 Å². The van der Waals surface area contributed by atoms with E-state index in [2.05, 4.69) is 17.0 Å². The van der Waals surface area contributed by atoms with Gasteiger partial charge in [0.05, 0.1) is 45.6 Å². The average molecular weight is 456 g/mol. The molecule has 2 heterocycles. The van der Waals surface area contributed by atoms with Gasteiger partial charge in [-0.05, 0) is 61.1 Å². The molecule has 1 N–H and O–H groups in total. The molecule has 0 radical (unpaired) electrons. The molecule has 0 spiro atoms. The molecule has 0 aromatic heterocycles. The minimum atomic E-state index is -0.220. The van der Waals surface area contributed by atoms with Crippen molar-refractivity contribution in [3.63, 3.8) is 0 Å². The molecule has 178 valence electrons. The summed E-state index contributed by atoms with van der Waals surface area (Å²) in [6, 6.07) is 12.0. The zero-order valence-electron chi connectivity index (χ0n) is 19.6. The predicted molar refractivity (Wildman–Crippen MR) is 125 cm³/mol. The lowest BCUT2D eigenvalue weighted by molar-refractivity contribution is -0.141. The third kappa shape index (κ3) is 5.19. The minimum absolute atomic E-state index is 0.0878. The Balaban J connectivity index is 1.48. The summed E-state index contributed by atoms with van der Waals surface area (Å²) in [5.74, 6) is 1.90. The van der Waals surface area contributed by atoms with Crippen LogP contribution in [0.4, 0.5) is 5.69 Å². The number of ether oxygens (including phenoxy) is 4. The Hall–Kier alpha value is -2.93. The first kappa shape index (κ1) is 23.2. The van der Waals surface area contributed by atoms with Gasteiger partial charge in [0.1, 0.15) is 5.75 Å². The highest BCUT2D eigenvalue weighted by atomic mass is 16.5. The second kappa shape index (κ2) is 10.3. The summed E-state index contributed by atoms with van der Waals surface area (Å²) in [5, 5.41) is 9.80. The smallest absolute Gasteiger partial charge is 0.309 e. The van der Waals surface area contributed by atoms with Crippen molar-refractivity contribution in [2.75, 3.05) is 45.9 Å². The Kier molecular flexibility index (Phi) is 7.28. The number of carbonyl (C=O) groups is 1. The molecule has 2 aromatic rings. The van der Waals surface area contributed by atoms with Crippen LogP contribution in [-0.4, -0.2) is 58.2 Å². The van der Waals surface area contributed by atoms with Gasteiger partial charge in [-0.2, -0.15) is 0 Å². The molecule has 0 aliphatic carbocycles. The predicted octanol–water partition coefficient (Wildman–Crippen LogP) is 3.25. The number of carbonyl (C=O) groups excluding carboxylic acids is 1. The third-order valence-corrected chi connectivity index (χ3v) is 6.76. The molecular weight excluding hydrogens is 422 g/mol. The molecular formula is C26H33NO6. The van der Waals surface area contributed by atoms with Crippen molar-refractivity contribution in [1.82, 2.24) is 0 Å². The van der Waals surface area contributed by atoms with Gasteiger partial charge in [-0.15, -0.1) is 0 Å². The summed E-state index contributed by atoms with van der Waals surface area (Å²) >= 11 is 0. The van der Waals surface area contributed by atoms with Gasteiger partial charge in [-0.1, -0.05) is 12.1 Å². The Morgan fingerprint density at radius 1 is 0.909 bits per heavy atom. The number of esters is 1. The molecule has 4 rings (SSSR count). The fourth-order valence-electron chi connectivity index (χ4n) is 4.84. The van der Waals surface area contributed by atoms with Gasteiger partial charge in [0, 0.05) is 19.0 Å². The van der Waals surface area contributed by atoms with Crippen molar-refractivity contribution in [1.29, 1.82) is 0 Å². The number of aliphatic hydroxyl groups is 1. The van der Waals surface area contributed by atoms with Crippen molar-refractivity contribution in [2.45, 2.75) is 31.8 Å². The lowest BCUT2D eigenvalue weighted by Crippen LogP contribution is -2.36. The zero-order chi connectivity index (χ0) is 23.4. The van der Waals surface area contributed by atoms with Crippen molar-refractivity contribution < 1.29 is 28.8 Å². The summed E-state index contributed by atoms with van der Waals surface area (Å²) in [6.45, 7) is 2.03. The highest BCUT2D eigenvalue weighted by molar-refractivity contribution is 5.75. The molecule has 0 saturated carbocycles. The van der Waals surface area contributed by atoms with Crippen molar-refractivity contribution in [2.24, 2.45) is 11.8 Å². The van der Waals surface area contributed by atoms with Crippen LogP contribution in [0.2, 0.25) is 0 Å². The number of nitrogens with zero attached hydrogens (tertiary/aromatic N) is 1. The van der Waals surface area contributed by atoms with Gasteiger partial charge >= 0.3 is 5.97 Å². The fourth-order valence-corrected chi connectivity index (χ4v) is 4.84. The van der Waals surface area contributed by atoms with Crippen LogP contribution in [0.25, 0.3) is 0 Å². The van der Waals surface area contributed by atoms with Gasteiger partial charge in [-0.3, -0.25) is 4.79 Å². The van der Waals surface area contributed by atoms with Crippen LogP contribution in [0.3, 0.4) is 0 Å². The number of aliphatic hydroxyl groups excluding tert-OH is 1. The lowest BCUT2D eigenvalue weighted by atomic mass is 9.85. The summed E-state index contributed by atoms with van der Waals surface area (Å²) < 4.78 is 21.9. The van der Waals surface area contributed by atoms with Crippen LogP contribution in [0.5, 0.6) is 17.2 Å². The van der Waals surface area contributed by atoms with E-state index in [-0.39, 0.29) is 23.9 Å². The minimum Gasteiger partial charge on any atom is -0.495 e. The summed E-state index contributed by atoms with van der Waals surface area (Å²) in [7, 11) is 4.91. The first-order chi connectivity index (χ1) is 16.0. The van der Waals surface area contributed by atoms with Crippen molar-refractivity contribution >= 4 is 11.7 Å².